The maximum Gasteiger partial charge on any atom is 0.418 e. The van der Waals surface area contributed by atoms with E-state index in [0.717, 1.165) is 39.0 Å². The number of hydrogen-bond donors (Lipinski definition) is 2. The van der Waals surface area contributed by atoms with Gasteiger partial charge in [0.05, 0.1) is 17.4 Å². The SMILES string of the molecule is CC(C)(C)OC(=O)n1cccc1-c1ccc(C(Cc2ccc(C(=O)CCCS(=O)(=O)O)cc2)C(=O)Nc2ccc(-c3cc4ccccc4o3)cc2)cc1. The molecule has 6 aromatic rings. The molecule has 0 aliphatic carbocycles. The van der Waals surface area contributed by atoms with Crippen LogP contribution in [0.15, 0.2) is 126 Å². The number of ketones is 1. The molecule has 6 rings (SSSR count). The van der Waals surface area contributed by atoms with Crippen molar-refractivity contribution in [2.75, 3.05) is 11.1 Å². The Labute approximate surface area is 308 Å². The fourth-order valence-electron chi connectivity index (χ4n) is 6.03. The first-order valence-electron chi connectivity index (χ1n) is 17.2. The van der Waals surface area contributed by atoms with Crippen LogP contribution < -0.4 is 5.32 Å². The summed E-state index contributed by atoms with van der Waals surface area (Å²) >= 11 is 0. The van der Waals surface area contributed by atoms with Crippen molar-refractivity contribution in [1.82, 2.24) is 4.57 Å². The number of benzene rings is 4. The average Bonchev–Trinajstić information content (AvgIpc) is 3.78. The molecule has 0 bridgehead atoms. The van der Waals surface area contributed by atoms with Crippen LogP contribution in [0.1, 0.15) is 61.0 Å². The maximum atomic E-state index is 14.0. The van der Waals surface area contributed by atoms with Gasteiger partial charge >= 0.3 is 6.09 Å². The molecule has 4 aromatic carbocycles. The van der Waals surface area contributed by atoms with Gasteiger partial charge in [-0.3, -0.25) is 18.7 Å². The molecule has 0 aliphatic rings. The number of fused-ring (bicyclic) bond motifs is 1. The number of rotatable bonds is 12. The Balaban J connectivity index is 1.23. The van der Waals surface area contributed by atoms with Gasteiger partial charge in [-0.05, 0) is 98.8 Å². The lowest BCUT2D eigenvalue weighted by molar-refractivity contribution is -0.117. The standard InChI is InChI=1S/C42H40N2O8S/c1-42(2,3)52-41(47)44-24-6-9-36(44)30-18-16-29(17-19-30)35(26-28-12-14-31(15-13-28)37(45)10-7-25-53(48,49)50)40(46)43-34-22-20-32(21-23-34)39-27-33-8-4-5-11-38(33)51-39/h4-6,8-9,11-24,27,35H,7,10,25-26H2,1-3H3,(H,43,46)(H,48,49,50). The maximum absolute atomic E-state index is 14.0. The van der Waals surface area contributed by atoms with Crippen LogP contribution in [0.2, 0.25) is 0 Å². The molecule has 1 atom stereocenters. The Kier molecular flexibility index (Phi) is 10.8. The molecule has 10 nitrogen and oxygen atoms in total. The highest BCUT2D eigenvalue weighted by atomic mass is 32.2. The van der Waals surface area contributed by atoms with Crippen molar-refractivity contribution in [1.29, 1.82) is 0 Å². The van der Waals surface area contributed by atoms with Crippen molar-refractivity contribution in [3.63, 3.8) is 0 Å². The molecule has 53 heavy (non-hydrogen) atoms. The second kappa shape index (κ2) is 15.4. The molecule has 1 amide bonds. The summed E-state index contributed by atoms with van der Waals surface area (Å²) in [7, 11) is -4.14. The zero-order chi connectivity index (χ0) is 37.8. The van der Waals surface area contributed by atoms with E-state index in [4.69, 9.17) is 13.7 Å². The molecule has 2 aromatic heterocycles. The van der Waals surface area contributed by atoms with Crippen LogP contribution in [0.4, 0.5) is 10.5 Å². The number of para-hydroxylation sites is 1. The third kappa shape index (κ3) is 9.56. The minimum atomic E-state index is -4.14. The first-order valence-corrected chi connectivity index (χ1v) is 18.8. The molecule has 0 saturated carbocycles. The van der Waals surface area contributed by atoms with Crippen molar-refractivity contribution in [2.24, 2.45) is 0 Å². The number of nitrogens with one attached hydrogen (secondary N) is 1. The van der Waals surface area contributed by atoms with Gasteiger partial charge in [-0.15, -0.1) is 0 Å². The lowest BCUT2D eigenvalue weighted by atomic mass is 9.89. The van der Waals surface area contributed by atoms with E-state index in [1.165, 1.54) is 4.57 Å². The summed E-state index contributed by atoms with van der Waals surface area (Å²) in [5, 5.41) is 4.06. The third-order valence-electron chi connectivity index (χ3n) is 8.65. The molecule has 0 saturated heterocycles. The molecule has 11 heteroatoms. The molecule has 0 fully saturated rings. The van der Waals surface area contributed by atoms with Gasteiger partial charge in [-0.2, -0.15) is 8.42 Å². The predicted octanol–water partition coefficient (Wildman–Crippen LogP) is 9.17. The highest BCUT2D eigenvalue weighted by Crippen LogP contribution is 2.31. The number of anilines is 1. The van der Waals surface area contributed by atoms with E-state index in [-0.39, 0.29) is 24.5 Å². The predicted molar refractivity (Wildman–Crippen MR) is 205 cm³/mol. The van der Waals surface area contributed by atoms with Crippen LogP contribution in [0.3, 0.4) is 0 Å². The summed E-state index contributed by atoms with van der Waals surface area (Å²) in [6, 6.07) is 35.1. The van der Waals surface area contributed by atoms with Gasteiger partial charge in [0.15, 0.2) is 5.78 Å². The number of carbonyl (C=O) groups excluding carboxylic acids is 3. The molecular formula is C42H40N2O8S. The second-order valence-electron chi connectivity index (χ2n) is 13.8. The van der Waals surface area contributed by atoms with Crippen molar-refractivity contribution >= 4 is 44.6 Å². The highest BCUT2D eigenvalue weighted by Gasteiger charge is 2.24. The van der Waals surface area contributed by atoms with E-state index in [1.54, 1.807) is 36.5 Å². The van der Waals surface area contributed by atoms with E-state index < -0.39 is 33.5 Å². The number of furan rings is 1. The summed E-state index contributed by atoms with van der Waals surface area (Å²) in [5.74, 6) is -0.876. The van der Waals surface area contributed by atoms with Gasteiger partial charge in [0.1, 0.15) is 16.9 Å². The van der Waals surface area contributed by atoms with Crippen LogP contribution in [0, 0.1) is 0 Å². The van der Waals surface area contributed by atoms with Crippen molar-refractivity contribution < 1.29 is 36.5 Å². The Morgan fingerprint density at radius 3 is 2.19 bits per heavy atom. The first-order chi connectivity index (χ1) is 25.2. The number of hydrogen-bond acceptors (Lipinski definition) is 7. The smallest absolute Gasteiger partial charge is 0.418 e. The minimum Gasteiger partial charge on any atom is -0.456 e. The van der Waals surface area contributed by atoms with E-state index >= 15 is 0 Å². The zero-order valence-electron chi connectivity index (χ0n) is 29.6. The summed E-state index contributed by atoms with van der Waals surface area (Å²) in [6.07, 6.45) is 1.46. The zero-order valence-corrected chi connectivity index (χ0v) is 30.4. The number of carbonyl (C=O) groups is 3. The summed E-state index contributed by atoms with van der Waals surface area (Å²) < 4.78 is 44.1. The van der Waals surface area contributed by atoms with E-state index in [9.17, 15) is 22.8 Å². The Morgan fingerprint density at radius 1 is 0.849 bits per heavy atom. The van der Waals surface area contributed by atoms with Gasteiger partial charge in [-0.25, -0.2) is 4.79 Å². The molecule has 0 radical (unpaired) electrons. The summed E-state index contributed by atoms with van der Waals surface area (Å²) in [4.78, 5) is 39.6. The van der Waals surface area contributed by atoms with Crippen molar-refractivity contribution in [3.05, 3.63) is 138 Å². The van der Waals surface area contributed by atoms with Crippen LogP contribution in [0.25, 0.3) is 33.6 Å². The average molecular weight is 733 g/mol. The van der Waals surface area contributed by atoms with E-state index in [1.807, 2.05) is 106 Å². The van der Waals surface area contributed by atoms with Gasteiger partial charge in [0, 0.05) is 34.8 Å². The topological polar surface area (TPSA) is 145 Å². The minimum absolute atomic E-state index is 0.0133. The lowest BCUT2D eigenvalue weighted by Crippen LogP contribution is -2.27. The van der Waals surface area contributed by atoms with Gasteiger partial charge in [-0.1, -0.05) is 66.7 Å². The van der Waals surface area contributed by atoms with Gasteiger partial charge in [0.25, 0.3) is 10.1 Å². The van der Waals surface area contributed by atoms with Crippen molar-refractivity contribution in [3.8, 4) is 22.6 Å². The van der Waals surface area contributed by atoms with Crippen LogP contribution >= 0.6 is 0 Å². The highest BCUT2D eigenvalue weighted by molar-refractivity contribution is 7.85. The second-order valence-corrected chi connectivity index (χ2v) is 15.4. The molecule has 2 heterocycles. The Morgan fingerprint density at radius 2 is 1.53 bits per heavy atom. The quantitative estimate of drug-likeness (QED) is 0.0936. The molecule has 2 N–H and O–H groups in total. The van der Waals surface area contributed by atoms with Gasteiger partial charge in [0.2, 0.25) is 5.91 Å². The van der Waals surface area contributed by atoms with E-state index in [2.05, 4.69) is 5.32 Å². The van der Waals surface area contributed by atoms with Gasteiger partial charge < -0.3 is 14.5 Å². The summed E-state index contributed by atoms with van der Waals surface area (Å²) in [5.41, 5.74) is 4.98. The van der Waals surface area contributed by atoms with Crippen LogP contribution in [0.5, 0.6) is 0 Å². The number of aromatic nitrogens is 1. The Bertz CT molecular complexity index is 2320. The Hall–Kier alpha value is -5.78. The normalized spacial score (nSPS) is 12.4. The molecular weight excluding hydrogens is 693 g/mol. The molecule has 272 valence electrons. The molecule has 0 spiro atoms. The fourth-order valence-corrected chi connectivity index (χ4v) is 6.54. The third-order valence-corrected chi connectivity index (χ3v) is 9.45. The van der Waals surface area contributed by atoms with Crippen LogP contribution in [-0.2, 0) is 26.1 Å². The monoisotopic (exact) mass is 732 g/mol. The number of Topliss-reactive ketones (excluding diaryl/α,β-unsaturated/α-hetero) is 1. The molecule has 1 unspecified atom stereocenters. The molecule has 0 aliphatic heterocycles. The number of ether oxygens (including phenoxy) is 1. The van der Waals surface area contributed by atoms with Crippen molar-refractivity contribution in [2.45, 2.75) is 51.6 Å². The number of nitrogens with zero attached hydrogens (tertiary/aromatic N) is 1. The summed E-state index contributed by atoms with van der Waals surface area (Å²) in [6.45, 7) is 5.42. The lowest BCUT2D eigenvalue weighted by Gasteiger charge is -2.21. The van der Waals surface area contributed by atoms with E-state index in [0.29, 0.717) is 23.4 Å². The largest absolute Gasteiger partial charge is 0.456 e. The number of amides is 1. The first kappa shape index (κ1) is 37.0. The fraction of sp³-hybridized carbons (Fsp3) is 0.214. The van der Waals surface area contributed by atoms with Crippen LogP contribution in [-0.4, -0.2) is 46.7 Å².